The van der Waals surface area contributed by atoms with E-state index in [0.29, 0.717) is 6.42 Å². The Labute approximate surface area is 171 Å². The zero-order chi connectivity index (χ0) is 19.4. The minimum Gasteiger partial charge on any atom is -0.276 e. The van der Waals surface area contributed by atoms with Crippen molar-refractivity contribution in [3.05, 3.63) is 29.3 Å². The number of nitrogens with zero attached hydrogens (tertiary/aromatic N) is 1. The molecule has 0 aliphatic rings. The average Bonchev–Trinajstić information content (AvgIpc) is 2.65. The number of amides is 1. The quantitative estimate of drug-likeness (QED) is 0.223. The molecule has 8 heteroatoms. The molecule has 0 radical (unpaired) electrons. The van der Waals surface area contributed by atoms with Gasteiger partial charge in [-0.05, 0) is 56.3 Å². The normalized spacial score (nSPS) is 13.4. The number of rotatable bonds is 13. The third kappa shape index (κ3) is 8.71. The highest BCUT2D eigenvalue weighted by Gasteiger charge is 2.29. The molecule has 0 aliphatic carbocycles. The van der Waals surface area contributed by atoms with E-state index in [0.717, 1.165) is 48.6 Å². The molecule has 0 heterocycles. The van der Waals surface area contributed by atoms with Crippen LogP contribution < -0.4 is 5.09 Å². The Morgan fingerprint density at radius 2 is 1.81 bits per heavy atom. The highest BCUT2D eigenvalue weighted by molar-refractivity contribution is 8.56. The fraction of sp³-hybridized carbons (Fsp3) is 0.611. The van der Waals surface area contributed by atoms with Crippen LogP contribution in [-0.4, -0.2) is 36.2 Å². The average molecular weight is 437 g/mol. The molecular weight excluding hydrogens is 407 g/mol. The number of hydrogen-bond donors (Lipinski definition) is 1. The second-order valence-corrected chi connectivity index (χ2v) is 12.6. The van der Waals surface area contributed by atoms with Gasteiger partial charge in [0.05, 0.1) is 0 Å². The van der Waals surface area contributed by atoms with Gasteiger partial charge in [-0.25, -0.2) is 5.09 Å². The van der Waals surface area contributed by atoms with Crippen LogP contribution in [0, 0.1) is 0 Å². The van der Waals surface area contributed by atoms with Crippen molar-refractivity contribution in [2.45, 2.75) is 50.3 Å². The van der Waals surface area contributed by atoms with E-state index < -0.39 is 6.65 Å². The van der Waals surface area contributed by atoms with Gasteiger partial charge in [0.25, 0.3) is 6.65 Å². The molecule has 0 fully saturated rings. The first-order valence-corrected chi connectivity index (χ1v) is 13.6. The molecule has 1 N–H and O–H groups in total. The van der Waals surface area contributed by atoms with E-state index in [1.165, 1.54) is 20.9 Å². The first-order chi connectivity index (χ1) is 12.4. The lowest BCUT2D eigenvalue weighted by Crippen LogP contribution is -2.27. The van der Waals surface area contributed by atoms with Crippen LogP contribution in [0.4, 0.5) is 0 Å². The predicted molar refractivity (Wildman–Crippen MR) is 117 cm³/mol. The van der Waals surface area contributed by atoms with Crippen LogP contribution in [0.2, 0.25) is 5.02 Å². The Hall–Kier alpha value is -0.130. The number of hydrogen-bond acceptors (Lipinski definition) is 4. The van der Waals surface area contributed by atoms with Crippen LogP contribution in [0.3, 0.4) is 0 Å². The van der Waals surface area contributed by atoms with Crippen molar-refractivity contribution < 1.29 is 9.36 Å². The third-order valence-corrected chi connectivity index (χ3v) is 10.6. The standard InChI is InChI=1S/C18H30ClN2O2PS2/c1-4-14-26-24(23,20-2)21(3)18(22)9-7-5-6-8-15-25-17-12-10-16(19)11-13-17/h10-13H,4-9,14-15H2,1-3H3,(H,20,23). The van der Waals surface area contributed by atoms with Crippen LogP contribution in [-0.2, 0) is 9.36 Å². The van der Waals surface area contributed by atoms with Gasteiger partial charge in [-0.15, -0.1) is 11.8 Å². The molecular formula is C18H30ClN2O2PS2. The second kappa shape index (κ2) is 13.1. The molecule has 1 rings (SSSR count). The molecule has 148 valence electrons. The van der Waals surface area contributed by atoms with Crippen LogP contribution in [0.1, 0.15) is 45.4 Å². The molecule has 1 unspecified atom stereocenters. The molecule has 0 aromatic heterocycles. The monoisotopic (exact) mass is 436 g/mol. The van der Waals surface area contributed by atoms with Gasteiger partial charge >= 0.3 is 0 Å². The fourth-order valence-corrected chi connectivity index (χ4v) is 7.21. The number of carbonyl (C=O) groups excluding carboxylic acids is 1. The van der Waals surface area contributed by atoms with E-state index in [2.05, 4.69) is 5.09 Å². The molecule has 0 spiro atoms. The van der Waals surface area contributed by atoms with Crippen molar-refractivity contribution in [3.63, 3.8) is 0 Å². The van der Waals surface area contributed by atoms with Gasteiger partial charge in [-0.3, -0.25) is 14.0 Å². The van der Waals surface area contributed by atoms with Gasteiger partial charge in [0.2, 0.25) is 5.91 Å². The summed E-state index contributed by atoms with van der Waals surface area (Å²) in [5.41, 5.74) is 0. The molecule has 1 aromatic rings. The maximum Gasteiger partial charge on any atom is 0.294 e. The number of benzene rings is 1. The van der Waals surface area contributed by atoms with Crippen molar-refractivity contribution in [2.75, 3.05) is 25.6 Å². The van der Waals surface area contributed by atoms with E-state index in [1.54, 1.807) is 14.1 Å². The number of nitrogens with one attached hydrogen (secondary N) is 1. The van der Waals surface area contributed by atoms with E-state index in [-0.39, 0.29) is 5.91 Å². The number of thioether (sulfide) groups is 1. The molecule has 26 heavy (non-hydrogen) atoms. The smallest absolute Gasteiger partial charge is 0.276 e. The van der Waals surface area contributed by atoms with Gasteiger partial charge in [-0.2, -0.15) is 0 Å². The largest absolute Gasteiger partial charge is 0.294 e. The Morgan fingerprint density at radius 3 is 2.42 bits per heavy atom. The summed E-state index contributed by atoms with van der Waals surface area (Å²) in [6.07, 6.45) is 5.49. The molecule has 0 saturated heterocycles. The van der Waals surface area contributed by atoms with Crippen molar-refractivity contribution in [1.82, 2.24) is 9.76 Å². The summed E-state index contributed by atoms with van der Waals surface area (Å²) >= 11 is 9.06. The molecule has 0 saturated carbocycles. The van der Waals surface area contributed by atoms with Crippen molar-refractivity contribution in [2.24, 2.45) is 0 Å². The van der Waals surface area contributed by atoms with Gasteiger partial charge < -0.3 is 0 Å². The van der Waals surface area contributed by atoms with Gasteiger partial charge in [-0.1, -0.05) is 42.7 Å². The maximum atomic E-state index is 12.8. The molecule has 1 aromatic carbocycles. The molecule has 0 aliphatic heterocycles. The molecule has 4 nitrogen and oxygen atoms in total. The highest BCUT2D eigenvalue weighted by atomic mass is 35.5. The lowest BCUT2D eigenvalue weighted by Gasteiger charge is -2.27. The summed E-state index contributed by atoms with van der Waals surface area (Å²) < 4.78 is 14.2. The molecule has 0 bridgehead atoms. The minimum atomic E-state index is -2.83. The van der Waals surface area contributed by atoms with Crippen LogP contribution in [0.5, 0.6) is 0 Å². The van der Waals surface area contributed by atoms with Crippen LogP contribution in [0.25, 0.3) is 0 Å². The summed E-state index contributed by atoms with van der Waals surface area (Å²) in [5.74, 6) is 1.81. The van der Waals surface area contributed by atoms with Crippen LogP contribution >= 0.6 is 41.4 Å². The van der Waals surface area contributed by atoms with Crippen LogP contribution in [0.15, 0.2) is 29.2 Å². The number of unbranched alkanes of at least 4 members (excludes halogenated alkanes) is 3. The molecule has 1 amide bonds. The summed E-state index contributed by atoms with van der Waals surface area (Å²) in [6, 6.07) is 7.90. The highest BCUT2D eigenvalue weighted by Crippen LogP contribution is 2.57. The summed E-state index contributed by atoms with van der Waals surface area (Å²) in [4.78, 5) is 13.5. The Kier molecular flexibility index (Phi) is 12.1. The van der Waals surface area contributed by atoms with Gasteiger partial charge in [0.15, 0.2) is 0 Å². The first kappa shape index (κ1) is 23.9. The fourth-order valence-electron chi connectivity index (χ4n) is 2.28. The Bertz CT molecular complexity index is 587. The zero-order valence-electron chi connectivity index (χ0n) is 15.9. The Morgan fingerprint density at radius 1 is 1.15 bits per heavy atom. The van der Waals surface area contributed by atoms with E-state index in [4.69, 9.17) is 11.6 Å². The van der Waals surface area contributed by atoms with Gasteiger partial charge in [0, 0.05) is 29.1 Å². The lowest BCUT2D eigenvalue weighted by atomic mass is 10.1. The van der Waals surface area contributed by atoms with Crippen molar-refractivity contribution >= 4 is 47.3 Å². The van der Waals surface area contributed by atoms with E-state index in [1.807, 2.05) is 43.0 Å². The maximum absolute atomic E-state index is 12.8. The number of halogens is 1. The second-order valence-electron chi connectivity index (χ2n) is 5.96. The topological polar surface area (TPSA) is 49.4 Å². The summed E-state index contributed by atoms with van der Waals surface area (Å²) in [7, 11) is 3.30. The van der Waals surface area contributed by atoms with Gasteiger partial charge in [0.1, 0.15) is 0 Å². The molecule has 1 atom stereocenters. The first-order valence-electron chi connectivity index (χ1n) is 9.02. The van der Waals surface area contributed by atoms with E-state index >= 15 is 0 Å². The SMILES string of the molecule is CCCSP(=O)(NC)N(C)C(=O)CCCCCCSc1ccc(Cl)cc1. The lowest BCUT2D eigenvalue weighted by molar-refractivity contribution is -0.125. The predicted octanol–water partition coefficient (Wildman–Crippen LogP) is 6.31. The zero-order valence-corrected chi connectivity index (χ0v) is 19.2. The summed E-state index contributed by atoms with van der Waals surface area (Å²) in [5, 5.41) is 3.61. The summed E-state index contributed by atoms with van der Waals surface area (Å²) in [6.45, 7) is -0.788. The third-order valence-electron chi connectivity index (χ3n) is 3.88. The number of carbonyl (C=O) groups is 1. The minimum absolute atomic E-state index is 0.0400. The van der Waals surface area contributed by atoms with E-state index in [9.17, 15) is 9.36 Å². The van der Waals surface area contributed by atoms with Crippen molar-refractivity contribution in [3.8, 4) is 0 Å². The Balaban J connectivity index is 2.18. The van der Waals surface area contributed by atoms with Crippen molar-refractivity contribution in [1.29, 1.82) is 0 Å².